The average Bonchev–Trinajstić information content (AvgIpc) is 2.44. The van der Waals surface area contributed by atoms with Gasteiger partial charge in [0, 0.05) is 5.69 Å². The van der Waals surface area contributed by atoms with E-state index >= 15 is 0 Å². The third-order valence-electron chi connectivity index (χ3n) is 3.29. The summed E-state index contributed by atoms with van der Waals surface area (Å²) >= 11 is 0. The topological polar surface area (TPSA) is 75.4 Å². The number of carbonyl (C=O) groups excluding carboxylic acids is 1. The van der Waals surface area contributed by atoms with Gasteiger partial charge in [0.25, 0.3) is 5.91 Å². The first-order valence-electron chi connectivity index (χ1n) is 6.52. The maximum absolute atomic E-state index is 12.3. The normalized spacial score (nSPS) is 10.3. The van der Waals surface area contributed by atoms with Gasteiger partial charge in [-0.3, -0.25) is 4.79 Å². The second-order valence-corrected chi connectivity index (χ2v) is 4.66. The molecule has 0 saturated heterocycles. The highest BCUT2D eigenvalue weighted by Crippen LogP contribution is 2.27. The molecule has 0 spiro atoms. The Morgan fingerprint density at radius 3 is 2.65 bits per heavy atom. The molecule has 4 nitrogen and oxygen atoms in total. The number of benzene rings is 2. The molecule has 4 heteroatoms. The highest BCUT2D eigenvalue weighted by atomic mass is 16.3. The second kappa shape index (κ2) is 5.65. The largest absolute Gasteiger partial charge is 0.505 e. The van der Waals surface area contributed by atoms with Crippen molar-refractivity contribution >= 4 is 17.3 Å². The molecule has 2 aromatic rings. The highest BCUT2D eigenvalue weighted by Gasteiger charge is 2.15. The molecule has 0 bridgehead atoms. The summed E-state index contributed by atoms with van der Waals surface area (Å²) in [5.74, 6) is -0.546. The Morgan fingerprint density at radius 1 is 1.25 bits per heavy atom. The van der Waals surface area contributed by atoms with Gasteiger partial charge in [-0.2, -0.15) is 0 Å². The van der Waals surface area contributed by atoms with E-state index in [1.807, 2.05) is 32.0 Å². The number of amides is 1. The third kappa shape index (κ3) is 2.59. The number of hydrogen-bond acceptors (Lipinski definition) is 3. The fourth-order valence-electron chi connectivity index (χ4n) is 2.13. The van der Waals surface area contributed by atoms with Crippen molar-refractivity contribution in [3.05, 3.63) is 53.1 Å². The molecule has 0 heterocycles. The molecule has 0 unspecified atom stereocenters. The number of nitrogens with one attached hydrogen (secondary N) is 1. The predicted molar refractivity (Wildman–Crippen MR) is 81.0 cm³/mol. The molecule has 0 saturated carbocycles. The summed E-state index contributed by atoms with van der Waals surface area (Å²) in [7, 11) is 0. The molecule has 0 radical (unpaired) electrons. The van der Waals surface area contributed by atoms with Crippen molar-refractivity contribution in [3.63, 3.8) is 0 Å². The minimum atomic E-state index is -0.362. The van der Waals surface area contributed by atoms with Crippen LogP contribution in [0.2, 0.25) is 0 Å². The van der Waals surface area contributed by atoms with E-state index < -0.39 is 0 Å². The number of para-hydroxylation sites is 2. The first kappa shape index (κ1) is 13.9. The van der Waals surface area contributed by atoms with Gasteiger partial charge in [0.15, 0.2) is 5.75 Å². The van der Waals surface area contributed by atoms with E-state index in [9.17, 15) is 9.90 Å². The lowest BCUT2D eigenvalue weighted by atomic mass is 10.0. The van der Waals surface area contributed by atoms with Crippen LogP contribution in [0.25, 0.3) is 0 Å². The van der Waals surface area contributed by atoms with Gasteiger partial charge in [0.05, 0.1) is 11.3 Å². The molecule has 0 atom stereocenters. The first-order chi connectivity index (χ1) is 9.54. The van der Waals surface area contributed by atoms with Crippen LogP contribution in [0.3, 0.4) is 0 Å². The lowest BCUT2D eigenvalue weighted by molar-refractivity contribution is 0.102. The van der Waals surface area contributed by atoms with Crippen molar-refractivity contribution in [2.75, 3.05) is 11.1 Å². The number of carbonyl (C=O) groups is 1. The Balaban J connectivity index is 2.35. The summed E-state index contributed by atoms with van der Waals surface area (Å²) in [5.41, 5.74) is 8.81. The Kier molecular flexibility index (Phi) is 3.94. The van der Waals surface area contributed by atoms with Gasteiger partial charge >= 0.3 is 0 Å². The first-order valence-corrected chi connectivity index (χ1v) is 6.52. The van der Waals surface area contributed by atoms with Crippen molar-refractivity contribution in [2.24, 2.45) is 0 Å². The number of nitrogen functional groups attached to an aromatic ring is 1. The number of rotatable bonds is 3. The summed E-state index contributed by atoms with van der Waals surface area (Å²) in [6.07, 6.45) is 0.820. The molecular weight excluding hydrogens is 252 g/mol. The monoisotopic (exact) mass is 270 g/mol. The average molecular weight is 270 g/mol. The minimum absolute atomic E-state index is 0.176. The van der Waals surface area contributed by atoms with Gasteiger partial charge in [-0.25, -0.2) is 0 Å². The van der Waals surface area contributed by atoms with E-state index in [-0.39, 0.29) is 22.9 Å². The zero-order valence-corrected chi connectivity index (χ0v) is 11.6. The molecule has 4 N–H and O–H groups in total. The van der Waals surface area contributed by atoms with Crippen LogP contribution in [-0.2, 0) is 6.42 Å². The lowest BCUT2D eigenvalue weighted by Crippen LogP contribution is -2.14. The zero-order chi connectivity index (χ0) is 14.7. The van der Waals surface area contributed by atoms with Gasteiger partial charge in [0.1, 0.15) is 0 Å². The SMILES string of the molecule is CCc1cccc(C)c1NC(=O)c1cccc(N)c1O. The molecule has 0 aliphatic rings. The van der Waals surface area contributed by atoms with Gasteiger partial charge in [-0.1, -0.05) is 31.2 Å². The van der Waals surface area contributed by atoms with Crippen LogP contribution in [0.15, 0.2) is 36.4 Å². The van der Waals surface area contributed by atoms with Crippen LogP contribution in [0.4, 0.5) is 11.4 Å². The van der Waals surface area contributed by atoms with E-state index in [2.05, 4.69) is 5.32 Å². The zero-order valence-electron chi connectivity index (χ0n) is 11.6. The number of hydrogen-bond donors (Lipinski definition) is 3. The number of anilines is 2. The maximum Gasteiger partial charge on any atom is 0.259 e. The Hall–Kier alpha value is -2.49. The van der Waals surface area contributed by atoms with Crippen molar-refractivity contribution in [3.8, 4) is 5.75 Å². The fraction of sp³-hybridized carbons (Fsp3) is 0.188. The summed E-state index contributed by atoms with van der Waals surface area (Å²) in [5, 5.41) is 12.7. The molecular formula is C16H18N2O2. The predicted octanol–water partition coefficient (Wildman–Crippen LogP) is 3.10. The lowest BCUT2D eigenvalue weighted by Gasteiger charge is -2.14. The summed E-state index contributed by atoms with van der Waals surface area (Å²) < 4.78 is 0. The van der Waals surface area contributed by atoms with E-state index in [0.717, 1.165) is 23.2 Å². The number of aromatic hydroxyl groups is 1. The standard InChI is InChI=1S/C16H18N2O2/c1-3-11-7-4-6-10(2)14(11)18-16(20)12-8-5-9-13(17)15(12)19/h4-9,19H,3,17H2,1-2H3,(H,18,20). The van der Waals surface area contributed by atoms with Crippen LogP contribution < -0.4 is 11.1 Å². The van der Waals surface area contributed by atoms with Crippen molar-refractivity contribution in [2.45, 2.75) is 20.3 Å². The minimum Gasteiger partial charge on any atom is -0.505 e. The molecule has 20 heavy (non-hydrogen) atoms. The van der Waals surface area contributed by atoms with E-state index in [0.29, 0.717) is 0 Å². The highest BCUT2D eigenvalue weighted by molar-refractivity contribution is 6.07. The van der Waals surface area contributed by atoms with Gasteiger partial charge in [-0.05, 0) is 36.6 Å². The number of phenolic OH excluding ortho intramolecular Hbond substituents is 1. The van der Waals surface area contributed by atoms with Gasteiger partial charge < -0.3 is 16.2 Å². The van der Waals surface area contributed by atoms with E-state index in [4.69, 9.17) is 5.73 Å². The summed E-state index contributed by atoms with van der Waals surface area (Å²) in [6.45, 7) is 3.97. The molecule has 104 valence electrons. The molecule has 0 aromatic heterocycles. The van der Waals surface area contributed by atoms with Crippen LogP contribution in [0.5, 0.6) is 5.75 Å². The molecule has 2 aromatic carbocycles. The molecule has 0 aliphatic carbocycles. The molecule has 1 amide bonds. The van der Waals surface area contributed by atoms with Crippen molar-refractivity contribution < 1.29 is 9.90 Å². The van der Waals surface area contributed by atoms with Gasteiger partial charge in [-0.15, -0.1) is 0 Å². The van der Waals surface area contributed by atoms with E-state index in [1.165, 1.54) is 0 Å². The fourth-order valence-corrected chi connectivity index (χ4v) is 2.13. The maximum atomic E-state index is 12.3. The van der Waals surface area contributed by atoms with Crippen LogP contribution >= 0.6 is 0 Å². The molecule has 0 aliphatic heterocycles. The number of phenols is 1. The van der Waals surface area contributed by atoms with Crippen LogP contribution in [-0.4, -0.2) is 11.0 Å². The quantitative estimate of drug-likeness (QED) is 0.592. The van der Waals surface area contributed by atoms with Crippen molar-refractivity contribution in [1.82, 2.24) is 0 Å². The van der Waals surface area contributed by atoms with Crippen LogP contribution in [0.1, 0.15) is 28.4 Å². The Bertz CT molecular complexity index is 651. The summed E-state index contributed by atoms with van der Waals surface area (Å²) in [6, 6.07) is 10.6. The molecule has 2 rings (SSSR count). The van der Waals surface area contributed by atoms with Crippen molar-refractivity contribution in [1.29, 1.82) is 0 Å². The summed E-state index contributed by atoms with van der Waals surface area (Å²) in [4.78, 5) is 12.3. The Labute approximate surface area is 118 Å². The second-order valence-electron chi connectivity index (χ2n) is 4.66. The smallest absolute Gasteiger partial charge is 0.259 e. The van der Waals surface area contributed by atoms with Crippen LogP contribution in [0, 0.1) is 6.92 Å². The molecule has 0 fully saturated rings. The Morgan fingerprint density at radius 2 is 1.95 bits per heavy atom. The third-order valence-corrected chi connectivity index (χ3v) is 3.29. The van der Waals surface area contributed by atoms with E-state index in [1.54, 1.807) is 18.2 Å². The van der Waals surface area contributed by atoms with Gasteiger partial charge in [0.2, 0.25) is 0 Å². The number of nitrogens with two attached hydrogens (primary N) is 1. The number of aryl methyl sites for hydroxylation is 2.